The summed E-state index contributed by atoms with van der Waals surface area (Å²) in [5.41, 5.74) is -1.32. The highest BCUT2D eigenvalue weighted by molar-refractivity contribution is 5.46. The molecule has 0 spiro atoms. The number of nitrogens with zero attached hydrogens (tertiary/aromatic N) is 3. The van der Waals surface area contributed by atoms with Gasteiger partial charge in [-0.2, -0.15) is 18.2 Å². The molecule has 0 aliphatic carbocycles. The molecule has 5 nitrogen and oxygen atoms in total. The highest BCUT2D eigenvalue weighted by Gasteiger charge is 2.36. The molecule has 1 aromatic rings. The molecule has 0 amide bonds. The Bertz CT molecular complexity index is 509. The fourth-order valence-electron chi connectivity index (χ4n) is 2.42. The van der Waals surface area contributed by atoms with Crippen molar-refractivity contribution in [1.29, 1.82) is 0 Å². The van der Waals surface area contributed by atoms with Gasteiger partial charge >= 0.3 is 6.18 Å². The Labute approximate surface area is 121 Å². The van der Waals surface area contributed by atoms with Crippen molar-refractivity contribution in [1.82, 2.24) is 9.97 Å². The number of hydrogen-bond acceptors (Lipinski definition) is 5. The topological polar surface area (TPSA) is 50.3 Å². The van der Waals surface area contributed by atoms with Gasteiger partial charge in [-0.15, -0.1) is 0 Å². The molecule has 1 atom stereocenters. The lowest BCUT2D eigenvalue weighted by atomic mass is 9.95. The summed E-state index contributed by atoms with van der Waals surface area (Å²) in [5, 5.41) is 2.57. The predicted octanol–water partition coefficient (Wildman–Crippen LogP) is 2.54. The second-order valence-corrected chi connectivity index (χ2v) is 5.36. The van der Waals surface area contributed by atoms with Crippen LogP contribution in [0.4, 0.5) is 24.9 Å². The predicted molar refractivity (Wildman–Crippen MR) is 73.4 cm³/mol. The number of rotatable bonds is 3. The number of ether oxygens (including phenoxy) is 1. The molecule has 1 saturated heterocycles. The van der Waals surface area contributed by atoms with Crippen LogP contribution in [0.15, 0.2) is 6.07 Å². The van der Waals surface area contributed by atoms with Crippen LogP contribution in [0.25, 0.3) is 0 Å². The second kappa shape index (κ2) is 5.67. The molecule has 2 rings (SSSR count). The molecule has 1 fully saturated rings. The van der Waals surface area contributed by atoms with E-state index in [2.05, 4.69) is 15.3 Å². The Balaban J connectivity index is 2.34. The van der Waals surface area contributed by atoms with Gasteiger partial charge in [-0.1, -0.05) is 0 Å². The maximum absolute atomic E-state index is 12.9. The minimum atomic E-state index is -4.50. The zero-order chi connectivity index (χ0) is 15.7. The van der Waals surface area contributed by atoms with Crippen LogP contribution in [0.1, 0.15) is 25.5 Å². The molecule has 2 heterocycles. The minimum absolute atomic E-state index is 0.0375. The summed E-state index contributed by atoms with van der Waals surface area (Å²) in [6.45, 7) is 3.10. The summed E-state index contributed by atoms with van der Waals surface area (Å²) in [7, 11) is 3.11. The van der Waals surface area contributed by atoms with Gasteiger partial charge in [-0.05, 0) is 19.8 Å². The van der Waals surface area contributed by atoms with Crippen molar-refractivity contribution in [2.24, 2.45) is 0 Å². The van der Waals surface area contributed by atoms with Crippen LogP contribution in [0, 0.1) is 0 Å². The molecule has 0 saturated carbocycles. The van der Waals surface area contributed by atoms with Gasteiger partial charge in [0.1, 0.15) is 5.82 Å². The SMILES string of the molecule is CNc1nc(N2CCCC(C)(OC)C2)cc(C(F)(F)F)n1. The van der Waals surface area contributed by atoms with Crippen LogP contribution in [-0.2, 0) is 10.9 Å². The van der Waals surface area contributed by atoms with Crippen LogP contribution < -0.4 is 10.2 Å². The summed E-state index contributed by atoms with van der Waals surface area (Å²) >= 11 is 0. The molecule has 118 valence electrons. The number of piperidine rings is 1. The molecule has 1 aliphatic heterocycles. The Kier molecular flexibility index (Phi) is 4.27. The third-order valence-corrected chi connectivity index (χ3v) is 3.70. The van der Waals surface area contributed by atoms with Crippen LogP contribution in [0.2, 0.25) is 0 Å². The van der Waals surface area contributed by atoms with Gasteiger partial charge in [0.05, 0.1) is 5.60 Å². The van der Waals surface area contributed by atoms with Gasteiger partial charge < -0.3 is 15.0 Å². The van der Waals surface area contributed by atoms with Crippen LogP contribution in [-0.4, -0.2) is 42.8 Å². The first-order valence-corrected chi connectivity index (χ1v) is 6.71. The van der Waals surface area contributed by atoms with Gasteiger partial charge in [0.15, 0.2) is 5.69 Å². The number of halogens is 3. The number of hydrogen-bond donors (Lipinski definition) is 1. The van der Waals surface area contributed by atoms with Gasteiger partial charge in [-0.25, -0.2) is 4.98 Å². The molecule has 21 heavy (non-hydrogen) atoms. The Hall–Kier alpha value is -1.57. The van der Waals surface area contributed by atoms with E-state index in [1.165, 1.54) is 7.05 Å². The first-order chi connectivity index (χ1) is 9.77. The summed E-state index contributed by atoms with van der Waals surface area (Å²) < 4.78 is 44.2. The number of methoxy groups -OCH3 is 1. The summed E-state index contributed by atoms with van der Waals surface area (Å²) in [4.78, 5) is 9.42. The van der Waals surface area contributed by atoms with Crippen molar-refractivity contribution in [2.45, 2.75) is 31.5 Å². The van der Waals surface area contributed by atoms with E-state index in [-0.39, 0.29) is 17.4 Å². The van der Waals surface area contributed by atoms with Crippen molar-refractivity contribution in [2.75, 3.05) is 37.5 Å². The van der Waals surface area contributed by atoms with Gasteiger partial charge in [0.2, 0.25) is 5.95 Å². The number of nitrogens with one attached hydrogen (secondary N) is 1. The third-order valence-electron chi connectivity index (χ3n) is 3.70. The lowest BCUT2D eigenvalue weighted by molar-refractivity contribution is -0.141. The zero-order valence-electron chi connectivity index (χ0n) is 12.3. The second-order valence-electron chi connectivity index (χ2n) is 5.36. The first-order valence-electron chi connectivity index (χ1n) is 6.71. The molecule has 0 aromatic carbocycles. The Morgan fingerprint density at radius 1 is 1.38 bits per heavy atom. The van der Waals surface area contributed by atoms with Crippen LogP contribution in [0.3, 0.4) is 0 Å². The molecular weight excluding hydrogens is 285 g/mol. The molecular formula is C13H19F3N4O. The Morgan fingerprint density at radius 2 is 2.10 bits per heavy atom. The van der Waals surface area contributed by atoms with Crippen molar-refractivity contribution in [3.63, 3.8) is 0 Å². The lowest BCUT2D eigenvalue weighted by Crippen LogP contribution is -2.47. The maximum Gasteiger partial charge on any atom is 0.433 e. The summed E-state index contributed by atoms with van der Waals surface area (Å²) in [6.07, 6.45) is -2.79. The summed E-state index contributed by atoms with van der Waals surface area (Å²) in [6, 6.07) is 0.988. The van der Waals surface area contributed by atoms with Gasteiger partial charge in [0.25, 0.3) is 0 Å². The zero-order valence-corrected chi connectivity index (χ0v) is 12.3. The highest BCUT2D eigenvalue weighted by Crippen LogP contribution is 2.32. The minimum Gasteiger partial charge on any atom is -0.377 e. The van der Waals surface area contributed by atoms with Crippen molar-refractivity contribution in [3.8, 4) is 0 Å². The van der Waals surface area contributed by atoms with E-state index in [4.69, 9.17) is 4.74 Å². The molecule has 0 radical (unpaired) electrons. The standard InChI is InChI=1S/C13H19F3N4O/c1-12(21-3)5-4-6-20(8-12)10-7-9(13(14,15)16)18-11(17-2)19-10/h7H,4-6,8H2,1-3H3,(H,17,18,19). The van der Waals surface area contributed by atoms with E-state index in [9.17, 15) is 13.2 Å². The number of alkyl halides is 3. The lowest BCUT2D eigenvalue weighted by Gasteiger charge is -2.40. The smallest absolute Gasteiger partial charge is 0.377 e. The van der Waals surface area contributed by atoms with E-state index in [0.29, 0.717) is 13.1 Å². The quantitative estimate of drug-likeness (QED) is 0.930. The normalized spacial score (nSPS) is 23.2. The third kappa shape index (κ3) is 3.55. The molecule has 1 aliphatic rings. The molecule has 0 bridgehead atoms. The van der Waals surface area contributed by atoms with E-state index in [0.717, 1.165) is 18.9 Å². The van der Waals surface area contributed by atoms with Crippen LogP contribution in [0.5, 0.6) is 0 Å². The monoisotopic (exact) mass is 304 g/mol. The van der Waals surface area contributed by atoms with Crippen molar-refractivity contribution >= 4 is 11.8 Å². The number of anilines is 2. The number of aromatic nitrogens is 2. The maximum atomic E-state index is 12.9. The molecule has 1 unspecified atom stereocenters. The molecule has 8 heteroatoms. The molecule has 1 N–H and O–H groups in total. The van der Waals surface area contributed by atoms with Gasteiger partial charge in [0, 0.05) is 33.3 Å². The van der Waals surface area contributed by atoms with E-state index in [1.807, 2.05) is 11.8 Å². The average Bonchev–Trinajstić information content (AvgIpc) is 2.46. The highest BCUT2D eigenvalue weighted by atomic mass is 19.4. The van der Waals surface area contributed by atoms with E-state index < -0.39 is 11.9 Å². The van der Waals surface area contributed by atoms with E-state index in [1.54, 1.807) is 7.11 Å². The van der Waals surface area contributed by atoms with Crippen molar-refractivity contribution in [3.05, 3.63) is 11.8 Å². The Morgan fingerprint density at radius 3 is 2.67 bits per heavy atom. The largest absolute Gasteiger partial charge is 0.433 e. The first kappa shape index (κ1) is 15.8. The average molecular weight is 304 g/mol. The van der Waals surface area contributed by atoms with E-state index >= 15 is 0 Å². The van der Waals surface area contributed by atoms with Gasteiger partial charge in [-0.3, -0.25) is 0 Å². The molecule has 1 aromatic heterocycles. The fourth-order valence-corrected chi connectivity index (χ4v) is 2.42. The van der Waals surface area contributed by atoms with Crippen LogP contribution >= 0.6 is 0 Å². The summed E-state index contributed by atoms with van der Waals surface area (Å²) in [5.74, 6) is 0.231. The fraction of sp³-hybridized carbons (Fsp3) is 0.692. The van der Waals surface area contributed by atoms with Crippen molar-refractivity contribution < 1.29 is 17.9 Å².